The van der Waals surface area contributed by atoms with Gasteiger partial charge in [-0.1, -0.05) is 119 Å². The monoisotopic (exact) mass is 541 g/mol. The third kappa shape index (κ3) is 5.55. The first kappa shape index (κ1) is 25.2. The quantitative estimate of drug-likeness (QED) is 0.298. The summed E-state index contributed by atoms with van der Waals surface area (Å²) < 4.78 is 1.94. The first-order valence-corrected chi connectivity index (χ1v) is 12.0. The molecule has 168 valence electrons. The molecule has 0 saturated carbocycles. The summed E-state index contributed by atoms with van der Waals surface area (Å²) in [5.74, 6) is 0.0110. The number of nitrogens with zero attached hydrogens (tertiary/aromatic N) is 2. The van der Waals surface area contributed by atoms with Crippen molar-refractivity contribution in [2.75, 3.05) is 13.2 Å². The molecular weight excluding hydrogens is 523 g/mol. The van der Waals surface area contributed by atoms with Crippen molar-refractivity contribution in [2.45, 2.75) is 39.4 Å². The van der Waals surface area contributed by atoms with E-state index in [0.29, 0.717) is 25.2 Å². The van der Waals surface area contributed by atoms with Crippen LogP contribution >= 0.6 is 69.6 Å². The Morgan fingerprint density at radius 1 is 1.00 bits per heavy atom. The van der Waals surface area contributed by atoms with E-state index in [1.165, 1.54) is 6.34 Å². The van der Waals surface area contributed by atoms with Crippen LogP contribution in [0, 0.1) is 0 Å². The highest BCUT2D eigenvalue weighted by Crippen LogP contribution is 2.53. The van der Waals surface area contributed by atoms with Gasteiger partial charge in [0.2, 0.25) is 13.2 Å². The number of amidine groups is 1. The SMILES string of the molecule is CCCCOCCc1ccc2ccccc2c1C1(C(Cl)(Cl)Cl)N=CNC(C(Cl)(Cl)Cl)=N1. The molecule has 0 spiro atoms. The van der Waals surface area contributed by atoms with Crippen LogP contribution in [0.1, 0.15) is 30.9 Å². The maximum atomic E-state index is 6.52. The lowest BCUT2D eigenvalue weighted by Crippen LogP contribution is -2.47. The van der Waals surface area contributed by atoms with Crippen molar-refractivity contribution in [2.24, 2.45) is 9.98 Å². The lowest BCUT2D eigenvalue weighted by atomic mass is 9.88. The molecule has 1 atom stereocenters. The number of benzene rings is 2. The number of alkyl halides is 6. The van der Waals surface area contributed by atoms with E-state index < -0.39 is 13.2 Å². The molecule has 1 aliphatic heterocycles. The second kappa shape index (κ2) is 10.2. The van der Waals surface area contributed by atoms with Crippen molar-refractivity contribution in [3.63, 3.8) is 0 Å². The molecule has 0 bridgehead atoms. The summed E-state index contributed by atoms with van der Waals surface area (Å²) in [5, 5.41) is 4.54. The Morgan fingerprint density at radius 2 is 1.74 bits per heavy atom. The van der Waals surface area contributed by atoms with E-state index in [9.17, 15) is 0 Å². The number of nitrogens with one attached hydrogen (secondary N) is 1. The fourth-order valence-corrected chi connectivity index (χ4v) is 4.27. The Kier molecular flexibility index (Phi) is 8.29. The summed E-state index contributed by atoms with van der Waals surface area (Å²) in [7, 11) is 0. The standard InChI is InChI=1S/C21H21Cl6N3O/c1-2-3-11-31-12-10-15-9-8-14-6-4-5-7-16(14)17(15)19(21(25,26)27)29-13-28-18(30-19)20(22,23)24/h4-9,13H,2-3,10-12H2,1H3,(H,28,29,30). The molecule has 1 aliphatic rings. The van der Waals surface area contributed by atoms with Gasteiger partial charge in [0.25, 0.3) is 0 Å². The first-order valence-electron chi connectivity index (χ1n) is 9.73. The molecule has 0 amide bonds. The van der Waals surface area contributed by atoms with E-state index in [2.05, 4.69) is 22.2 Å². The van der Waals surface area contributed by atoms with Crippen molar-refractivity contribution in [3.05, 3.63) is 47.5 Å². The molecule has 1 heterocycles. The highest BCUT2D eigenvalue weighted by atomic mass is 35.6. The molecule has 2 aromatic carbocycles. The first-order chi connectivity index (χ1) is 14.6. The zero-order chi connectivity index (χ0) is 22.7. The van der Waals surface area contributed by atoms with E-state index >= 15 is 0 Å². The Bertz CT molecular complexity index is 983. The minimum atomic E-state index is -1.98. The number of halogens is 6. The molecule has 1 N–H and O–H groups in total. The van der Waals surface area contributed by atoms with Crippen molar-refractivity contribution in [3.8, 4) is 0 Å². The van der Waals surface area contributed by atoms with Gasteiger partial charge in [0.15, 0.2) is 5.84 Å². The smallest absolute Gasteiger partial charge is 0.247 e. The molecule has 1 unspecified atom stereocenters. The van der Waals surface area contributed by atoms with Crippen LogP contribution < -0.4 is 5.32 Å². The normalized spacial score (nSPS) is 19.4. The van der Waals surface area contributed by atoms with Gasteiger partial charge in [-0.2, -0.15) is 0 Å². The maximum Gasteiger partial charge on any atom is 0.247 e. The zero-order valence-electron chi connectivity index (χ0n) is 16.6. The number of hydrogen-bond donors (Lipinski definition) is 1. The average molecular weight is 544 g/mol. The number of rotatable bonds is 7. The van der Waals surface area contributed by atoms with Crippen LogP contribution in [-0.2, 0) is 16.8 Å². The van der Waals surface area contributed by atoms with Crippen LogP contribution in [-0.4, -0.2) is 33.0 Å². The molecule has 0 saturated heterocycles. The fraction of sp³-hybridized carbons (Fsp3) is 0.429. The lowest BCUT2D eigenvalue weighted by molar-refractivity contribution is 0.134. The largest absolute Gasteiger partial charge is 0.381 e. The van der Waals surface area contributed by atoms with Gasteiger partial charge in [0.1, 0.15) is 0 Å². The number of ether oxygens (including phenoxy) is 1. The van der Waals surface area contributed by atoms with Crippen LogP contribution in [0.3, 0.4) is 0 Å². The Balaban J connectivity index is 2.20. The van der Waals surface area contributed by atoms with Crippen LogP contribution in [0.25, 0.3) is 10.8 Å². The third-order valence-corrected chi connectivity index (χ3v) is 6.24. The fourth-order valence-electron chi connectivity index (χ4n) is 3.42. The molecule has 0 fully saturated rings. The molecule has 10 heteroatoms. The molecule has 4 nitrogen and oxygen atoms in total. The van der Waals surface area contributed by atoms with E-state index in [0.717, 1.165) is 29.2 Å². The minimum Gasteiger partial charge on any atom is -0.381 e. The number of aliphatic imine (C=N–C) groups is 2. The van der Waals surface area contributed by atoms with Gasteiger partial charge in [-0.25, -0.2) is 9.98 Å². The van der Waals surface area contributed by atoms with Gasteiger partial charge in [-0.15, -0.1) is 0 Å². The molecule has 0 aliphatic carbocycles. The topological polar surface area (TPSA) is 46.0 Å². The van der Waals surface area contributed by atoms with Gasteiger partial charge in [-0.05, 0) is 29.2 Å². The van der Waals surface area contributed by atoms with Crippen LogP contribution in [0.4, 0.5) is 0 Å². The van der Waals surface area contributed by atoms with Gasteiger partial charge >= 0.3 is 0 Å². The Morgan fingerprint density at radius 3 is 2.42 bits per heavy atom. The van der Waals surface area contributed by atoms with Crippen LogP contribution in [0.15, 0.2) is 46.4 Å². The van der Waals surface area contributed by atoms with E-state index in [-0.39, 0.29) is 5.84 Å². The zero-order valence-corrected chi connectivity index (χ0v) is 21.2. The van der Waals surface area contributed by atoms with Gasteiger partial charge in [-0.3, -0.25) is 0 Å². The van der Waals surface area contributed by atoms with E-state index in [1.807, 2.05) is 36.4 Å². The highest BCUT2D eigenvalue weighted by Gasteiger charge is 2.54. The lowest BCUT2D eigenvalue weighted by Gasteiger charge is -2.38. The summed E-state index contributed by atoms with van der Waals surface area (Å²) in [6.07, 6.45) is 3.98. The van der Waals surface area contributed by atoms with Crippen molar-refractivity contribution in [1.29, 1.82) is 0 Å². The predicted molar refractivity (Wildman–Crippen MR) is 135 cm³/mol. The van der Waals surface area contributed by atoms with Crippen molar-refractivity contribution in [1.82, 2.24) is 5.32 Å². The molecule has 31 heavy (non-hydrogen) atoms. The second-order valence-electron chi connectivity index (χ2n) is 7.07. The van der Waals surface area contributed by atoms with Crippen LogP contribution in [0.2, 0.25) is 0 Å². The molecular formula is C21H21Cl6N3O. The Labute approximate surface area is 211 Å². The minimum absolute atomic E-state index is 0.0110. The molecule has 2 aromatic rings. The average Bonchev–Trinajstić information content (AvgIpc) is 2.72. The molecule has 3 rings (SSSR count). The van der Waals surface area contributed by atoms with Crippen molar-refractivity contribution >= 4 is 92.6 Å². The summed E-state index contributed by atoms with van der Waals surface area (Å²) in [6, 6.07) is 11.7. The second-order valence-corrected chi connectivity index (χ2v) is 11.6. The number of fused-ring (bicyclic) bond motifs is 1. The highest BCUT2D eigenvalue weighted by molar-refractivity contribution is 6.77. The molecule has 0 aromatic heterocycles. The van der Waals surface area contributed by atoms with Gasteiger partial charge in [0.05, 0.1) is 12.9 Å². The summed E-state index contributed by atoms with van der Waals surface area (Å²) in [6.45, 7) is 3.31. The third-order valence-electron chi connectivity index (χ3n) is 4.91. The van der Waals surface area contributed by atoms with Gasteiger partial charge < -0.3 is 10.1 Å². The molecule has 0 radical (unpaired) electrons. The van der Waals surface area contributed by atoms with Crippen molar-refractivity contribution < 1.29 is 4.74 Å². The van der Waals surface area contributed by atoms with E-state index in [4.69, 9.17) is 74.3 Å². The van der Waals surface area contributed by atoms with Crippen LogP contribution in [0.5, 0.6) is 0 Å². The summed E-state index contributed by atoms with van der Waals surface area (Å²) in [4.78, 5) is 9.07. The van der Waals surface area contributed by atoms with Gasteiger partial charge in [0, 0.05) is 12.2 Å². The maximum absolute atomic E-state index is 6.52. The summed E-state index contributed by atoms with van der Waals surface area (Å²) in [5.41, 5.74) is -0.149. The Hall–Kier alpha value is -0.460. The van der Waals surface area contributed by atoms with E-state index in [1.54, 1.807) is 0 Å². The number of hydrogen-bond acceptors (Lipinski definition) is 4. The summed E-state index contributed by atoms with van der Waals surface area (Å²) >= 11 is 37.8. The predicted octanol–water partition coefficient (Wildman–Crippen LogP) is 7.12. The number of unbranched alkanes of at least 4 members (excludes halogenated alkanes) is 1.